The van der Waals surface area contributed by atoms with Gasteiger partial charge in [-0.3, -0.25) is 0 Å². The highest BCUT2D eigenvalue weighted by molar-refractivity contribution is 4.80. The molecular weight excluding hydrogens is 178 g/mol. The van der Waals surface area contributed by atoms with Gasteiger partial charge in [0, 0.05) is 12.6 Å². The predicted molar refractivity (Wildman–Crippen MR) is 57.2 cm³/mol. The van der Waals surface area contributed by atoms with Crippen molar-refractivity contribution in [1.82, 2.24) is 4.90 Å². The number of nitrogens with zero attached hydrogens (tertiary/aromatic N) is 1. The van der Waals surface area contributed by atoms with Gasteiger partial charge < -0.3 is 15.1 Å². The number of hydrogen-bond acceptors (Lipinski definition) is 3. The molecule has 3 nitrogen and oxygen atoms in total. The van der Waals surface area contributed by atoms with Gasteiger partial charge in [0.25, 0.3) is 0 Å². The molecule has 1 saturated heterocycles. The van der Waals surface area contributed by atoms with Crippen molar-refractivity contribution in [2.75, 3.05) is 19.7 Å². The van der Waals surface area contributed by atoms with Crippen LogP contribution in [0.15, 0.2) is 0 Å². The van der Waals surface area contributed by atoms with E-state index in [2.05, 4.69) is 4.90 Å². The summed E-state index contributed by atoms with van der Waals surface area (Å²) in [4.78, 5) is 2.46. The van der Waals surface area contributed by atoms with Crippen LogP contribution in [-0.2, 0) is 0 Å². The molecule has 0 aromatic carbocycles. The Morgan fingerprint density at radius 2 is 2.21 bits per heavy atom. The zero-order valence-corrected chi connectivity index (χ0v) is 9.15. The molecule has 14 heavy (non-hydrogen) atoms. The molecule has 3 heteroatoms. The average molecular weight is 201 g/mol. The zero-order chi connectivity index (χ0) is 10.4. The first-order valence-corrected chi connectivity index (χ1v) is 5.77. The van der Waals surface area contributed by atoms with Crippen LogP contribution < -0.4 is 0 Å². The molecule has 1 heterocycles. The van der Waals surface area contributed by atoms with Crippen LogP contribution in [-0.4, -0.2) is 47.0 Å². The maximum absolute atomic E-state index is 9.34. The summed E-state index contributed by atoms with van der Waals surface area (Å²) in [6, 6.07) is 0.577. The van der Waals surface area contributed by atoms with Crippen LogP contribution in [0.4, 0.5) is 0 Å². The number of aliphatic hydroxyl groups excluding tert-OH is 2. The predicted octanol–water partition coefficient (Wildman–Crippen LogP) is 0.994. The fraction of sp³-hybridized carbons (Fsp3) is 1.00. The quantitative estimate of drug-likeness (QED) is 0.630. The van der Waals surface area contributed by atoms with Gasteiger partial charge in [-0.1, -0.05) is 0 Å². The van der Waals surface area contributed by atoms with E-state index >= 15 is 0 Å². The van der Waals surface area contributed by atoms with Gasteiger partial charge in [0.1, 0.15) is 0 Å². The summed E-state index contributed by atoms with van der Waals surface area (Å²) in [6.07, 6.45) is 5.18. The van der Waals surface area contributed by atoms with Crippen LogP contribution in [0.2, 0.25) is 0 Å². The lowest BCUT2D eigenvalue weighted by atomic mass is 10.1. The fourth-order valence-corrected chi connectivity index (χ4v) is 2.28. The molecule has 0 aliphatic carbocycles. The Morgan fingerprint density at radius 3 is 2.86 bits per heavy atom. The minimum Gasteiger partial charge on any atom is -0.396 e. The van der Waals surface area contributed by atoms with Gasteiger partial charge in [-0.15, -0.1) is 0 Å². The summed E-state index contributed by atoms with van der Waals surface area (Å²) in [5.41, 5.74) is 0. The van der Waals surface area contributed by atoms with Crippen LogP contribution >= 0.6 is 0 Å². The smallest absolute Gasteiger partial charge is 0.0527 e. The third-order valence-corrected chi connectivity index (χ3v) is 2.97. The Balaban J connectivity index is 2.21. The minimum absolute atomic E-state index is 0.182. The minimum atomic E-state index is -0.182. The Kier molecular flexibility index (Phi) is 5.45. The molecule has 0 amide bonds. The second-order valence-corrected chi connectivity index (χ2v) is 4.35. The number of aliphatic hydroxyl groups is 2. The number of rotatable bonds is 6. The summed E-state index contributed by atoms with van der Waals surface area (Å²) in [5, 5.41) is 18.0. The summed E-state index contributed by atoms with van der Waals surface area (Å²) in [7, 11) is 0. The van der Waals surface area contributed by atoms with Crippen LogP contribution in [0.25, 0.3) is 0 Å². The van der Waals surface area contributed by atoms with Crippen LogP contribution in [0, 0.1) is 0 Å². The van der Waals surface area contributed by atoms with Crippen molar-refractivity contribution in [2.24, 2.45) is 0 Å². The Morgan fingerprint density at radius 1 is 1.43 bits per heavy atom. The third kappa shape index (κ3) is 3.95. The van der Waals surface area contributed by atoms with Crippen LogP contribution in [0.5, 0.6) is 0 Å². The molecular formula is C11H23NO2. The van der Waals surface area contributed by atoms with E-state index in [0.717, 1.165) is 25.8 Å². The lowest BCUT2D eigenvalue weighted by Crippen LogP contribution is -2.32. The summed E-state index contributed by atoms with van der Waals surface area (Å²) in [5.74, 6) is 0. The average Bonchev–Trinajstić information content (AvgIpc) is 2.52. The Labute approximate surface area is 86.7 Å². The highest BCUT2D eigenvalue weighted by Gasteiger charge is 2.24. The second kappa shape index (κ2) is 6.38. The van der Waals surface area contributed by atoms with E-state index in [1.165, 1.54) is 19.4 Å². The van der Waals surface area contributed by atoms with Gasteiger partial charge >= 0.3 is 0 Å². The van der Waals surface area contributed by atoms with Gasteiger partial charge in [-0.25, -0.2) is 0 Å². The largest absolute Gasteiger partial charge is 0.396 e. The normalized spacial score (nSPS) is 25.5. The molecule has 0 bridgehead atoms. The molecule has 0 aromatic heterocycles. The van der Waals surface area contributed by atoms with E-state index in [4.69, 9.17) is 5.11 Å². The van der Waals surface area contributed by atoms with Crippen molar-refractivity contribution in [2.45, 2.75) is 51.2 Å². The molecule has 1 rings (SSSR count). The number of unbranched alkanes of at least 4 members (excludes halogenated alkanes) is 1. The molecule has 84 valence electrons. The Hall–Kier alpha value is -0.120. The van der Waals surface area contributed by atoms with Crippen molar-refractivity contribution in [1.29, 1.82) is 0 Å². The molecule has 1 fully saturated rings. The molecule has 2 unspecified atom stereocenters. The van der Waals surface area contributed by atoms with Crippen molar-refractivity contribution in [3.8, 4) is 0 Å². The molecule has 0 radical (unpaired) electrons. The molecule has 0 aromatic rings. The van der Waals surface area contributed by atoms with Gasteiger partial charge in [-0.05, 0) is 52.1 Å². The molecule has 0 saturated carbocycles. The zero-order valence-electron chi connectivity index (χ0n) is 9.15. The molecule has 2 atom stereocenters. The second-order valence-electron chi connectivity index (χ2n) is 4.35. The molecule has 2 N–H and O–H groups in total. The monoisotopic (exact) mass is 201 g/mol. The maximum Gasteiger partial charge on any atom is 0.0527 e. The van der Waals surface area contributed by atoms with Gasteiger partial charge in [0.05, 0.1) is 6.10 Å². The van der Waals surface area contributed by atoms with E-state index in [-0.39, 0.29) is 6.10 Å². The van der Waals surface area contributed by atoms with Gasteiger partial charge in [-0.2, -0.15) is 0 Å². The molecule has 1 aliphatic rings. The van der Waals surface area contributed by atoms with Gasteiger partial charge in [0.15, 0.2) is 0 Å². The van der Waals surface area contributed by atoms with Crippen molar-refractivity contribution < 1.29 is 10.2 Å². The van der Waals surface area contributed by atoms with E-state index in [0.29, 0.717) is 12.6 Å². The summed E-state index contributed by atoms with van der Waals surface area (Å²) >= 11 is 0. The lowest BCUT2D eigenvalue weighted by Gasteiger charge is -2.25. The Bertz CT molecular complexity index is 150. The van der Waals surface area contributed by atoms with E-state index in [1.807, 2.05) is 6.92 Å². The standard InChI is InChI=1S/C11H23NO2/c1-10(14)9-11-5-4-7-12(11)6-2-3-8-13/h10-11,13-14H,2-9H2,1H3. The first-order valence-electron chi connectivity index (χ1n) is 5.77. The maximum atomic E-state index is 9.34. The summed E-state index contributed by atoms with van der Waals surface area (Å²) in [6.45, 7) is 4.42. The van der Waals surface area contributed by atoms with Crippen molar-refractivity contribution in [3.05, 3.63) is 0 Å². The van der Waals surface area contributed by atoms with Crippen LogP contribution in [0.3, 0.4) is 0 Å². The lowest BCUT2D eigenvalue weighted by molar-refractivity contribution is 0.131. The van der Waals surface area contributed by atoms with Crippen molar-refractivity contribution in [3.63, 3.8) is 0 Å². The summed E-state index contributed by atoms with van der Waals surface area (Å²) < 4.78 is 0. The third-order valence-electron chi connectivity index (χ3n) is 2.97. The highest BCUT2D eigenvalue weighted by atomic mass is 16.3. The molecule has 1 aliphatic heterocycles. The van der Waals surface area contributed by atoms with E-state index in [9.17, 15) is 5.11 Å². The van der Waals surface area contributed by atoms with Crippen LogP contribution in [0.1, 0.15) is 39.0 Å². The first-order chi connectivity index (χ1) is 6.74. The van der Waals surface area contributed by atoms with E-state index < -0.39 is 0 Å². The topological polar surface area (TPSA) is 43.7 Å². The van der Waals surface area contributed by atoms with Gasteiger partial charge in [0.2, 0.25) is 0 Å². The number of likely N-dealkylation sites (tertiary alicyclic amines) is 1. The highest BCUT2D eigenvalue weighted by Crippen LogP contribution is 2.21. The SMILES string of the molecule is CC(O)CC1CCCN1CCCCO. The van der Waals surface area contributed by atoms with Crippen molar-refractivity contribution >= 4 is 0 Å². The fourth-order valence-electron chi connectivity index (χ4n) is 2.28. The number of hydrogen-bond donors (Lipinski definition) is 2. The molecule has 0 spiro atoms. The first kappa shape index (κ1) is 12.0. The van der Waals surface area contributed by atoms with E-state index in [1.54, 1.807) is 0 Å².